The topological polar surface area (TPSA) is 76.3 Å². The smallest absolute Gasteiger partial charge is 0.246 e. The third-order valence-corrected chi connectivity index (χ3v) is 4.43. The first-order valence-corrected chi connectivity index (χ1v) is 6.27. The van der Waals surface area contributed by atoms with E-state index in [1.807, 2.05) is 0 Å². The lowest BCUT2D eigenvalue weighted by Crippen LogP contribution is -2.28. The molecule has 0 spiro atoms. The second kappa shape index (κ2) is 3.79. The molecule has 1 saturated heterocycles. The van der Waals surface area contributed by atoms with Gasteiger partial charge >= 0.3 is 0 Å². The van der Waals surface area contributed by atoms with Crippen molar-refractivity contribution >= 4 is 15.8 Å². The van der Waals surface area contributed by atoms with Gasteiger partial charge in [-0.3, -0.25) is 0 Å². The van der Waals surface area contributed by atoms with Crippen LogP contribution in [0, 0.1) is 0 Å². The summed E-state index contributed by atoms with van der Waals surface area (Å²) in [6, 6.07) is 3.08. The Balaban J connectivity index is 2.41. The Kier molecular flexibility index (Phi) is 2.62. The van der Waals surface area contributed by atoms with E-state index >= 15 is 0 Å². The third kappa shape index (κ3) is 1.82. The number of nitrogens with two attached hydrogens (primary N) is 1. The van der Waals surface area contributed by atoms with Gasteiger partial charge in [-0.1, -0.05) is 0 Å². The fraction of sp³-hybridized carbons (Fsp3) is 0.444. The lowest BCUT2D eigenvalue weighted by molar-refractivity contribution is 0.477. The molecule has 0 unspecified atom stereocenters. The first-order valence-electron chi connectivity index (χ1n) is 4.83. The standard InChI is InChI=1S/C9H13N3O2S/c10-9-8(4-3-5-11-9)15(13,14)12-6-1-2-7-12/h3-5H,1-2,6-7H2,(H2,10,11). The zero-order valence-corrected chi connectivity index (χ0v) is 9.07. The molecule has 2 N–H and O–H groups in total. The Morgan fingerprint density at radius 3 is 2.60 bits per heavy atom. The van der Waals surface area contributed by atoms with Crippen LogP contribution in [0.2, 0.25) is 0 Å². The summed E-state index contributed by atoms with van der Waals surface area (Å²) in [5.41, 5.74) is 5.56. The van der Waals surface area contributed by atoms with Crippen molar-refractivity contribution in [3.8, 4) is 0 Å². The zero-order valence-electron chi connectivity index (χ0n) is 8.26. The predicted octanol–water partition coefficient (Wildman–Crippen LogP) is 0.448. The highest BCUT2D eigenvalue weighted by Crippen LogP contribution is 2.23. The Labute approximate surface area is 89.0 Å². The molecule has 0 aliphatic carbocycles. The van der Waals surface area contributed by atoms with E-state index in [-0.39, 0.29) is 10.7 Å². The number of rotatable bonds is 2. The maximum atomic E-state index is 12.1. The highest BCUT2D eigenvalue weighted by atomic mass is 32.2. The van der Waals surface area contributed by atoms with Gasteiger partial charge in [0.15, 0.2) is 0 Å². The maximum Gasteiger partial charge on any atom is 0.246 e. The molecule has 0 amide bonds. The minimum atomic E-state index is -3.42. The normalized spacial score (nSPS) is 18.1. The van der Waals surface area contributed by atoms with E-state index in [4.69, 9.17) is 5.73 Å². The van der Waals surface area contributed by atoms with Gasteiger partial charge in [0.1, 0.15) is 10.7 Å². The Morgan fingerprint density at radius 2 is 2.00 bits per heavy atom. The van der Waals surface area contributed by atoms with Gasteiger partial charge in [0.2, 0.25) is 10.0 Å². The lowest BCUT2D eigenvalue weighted by atomic mass is 10.4. The first kappa shape index (κ1) is 10.4. The molecule has 0 saturated carbocycles. The molecule has 1 aromatic rings. The molecule has 82 valence electrons. The van der Waals surface area contributed by atoms with Gasteiger partial charge in [0.25, 0.3) is 0 Å². The van der Waals surface area contributed by atoms with E-state index in [0.29, 0.717) is 13.1 Å². The van der Waals surface area contributed by atoms with Crippen molar-refractivity contribution in [1.82, 2.24) is 9.29 Å². The minimum Gasteiger partial charge on any atom is -0.383 e. The van der Waals surface area contributed by atoms with Crippen LogP contribution in [-0.4, -0.2) is 30.8 Å². The molecule has 1 fully saturated rings. The van der Waals surface area contributed by atoms with Gasteiger partial charge in [-0.2, -0.15) is 4.31 Å². The first-order chi connectivity index (χ1) is 7.12. The number of nitrogen functional groups attached to an aromatic ring is 1. The zero-order chi connectivity index (χ0) is 10.9. The van der Waals surface area contributed by atoms with Gasteiger partial charge in [-0.15, -0.1) is 0 Å². The summed E-state index contributed by atoms with van der Waals surface area (Å²) >= 11 is 0. The average Bonchev–Trinajstić information content (AvgIpc) is 2.71. The number of aromatic nitrogens is 1. The largest absolute Gasteiger partial charge is 0.383 e. The highest BCUT2D eigenvalue weighted by Gasteiger charge is 2.28. The molecule has 0 aromatic carbocycles. The van der Waals surface area contributed by atoms with Crippen LogP contribution in [0.5, 0.6) is 0 Å². The van der Waals surface area contributed by atoms with Gasteiger partial charge in [-0.05, 0) is 25.0 Å². The second-order valence-corrected chi connectivity index (χ2v) is 5.40. The van der Waals surface area contributed by atoms with Crippen molar-refractivity contribution in [3.63, 3.8) is 0 Å². The maximum absolute atomic E-state index is 12.1. The Hall–Kier alpha value is -1.14. The van der Waals surface area contributed by atoms with Gasteiger partial charge in [0.05, 0.1) is 0 Å². The van der Waals surface area contributed by atoms with E-state index in [0.717, 1.165) is 12.8 Å². The van der Waals surface area contributed by atoms with Crippen LogP contribution in [0.4, 0.5) is 5.82 Å². The number of pyridine rings is 1. The molecule has 6 heteroatoms. The summed E-state index contributed by atoms with van der Waals surface area (Å²) in [5.74, 6) is 0.0735. The number of hydrogen-bond acceptors (Lipinski definition) is 4. The van der Waals surface area contributed by atoms with Crippen LogP contribution in [0.25, 0.3) is 0 Å². The number of hydrogen-bond donors (Lipinski definition) is 1. The van der Waals surface area contributed by atoms with Crippen LogP contribution in [0.15, 0.2) is 23.2 Å². The fourth-order valence-corrected chi connectivity index (χ4v) is 3.27. The van der Waals surface area contributed by atoms with E-state index in [1.54, 1.807) is 6.07 Å². The summed E-state index contributed by atoms with van der Waals surface area (Å²) in [6.45, 7) is 1.16. The Bertz CT molecular complexity index is 452. The second-order valence-electron chi connectivity index (χ2n) is 3.50. The van der Waals surface area contributed by atoms with Crippen molar-refractivity contribution in [2.45, 2.75) is 17.7 Å². The quantitative estimate of drug-likeness (QED) is 0.795. The number of anilines is 1. The molecule has 0 radical (unpaired) electrons. The molecule has 0 bridgehead atoms. The van der Waals surface area contributed by atoms with Gasteiger partial charge in [0, 0.05) is 19.3 Å². The molecular formula is C9H13N3O2S. The molecule has 2 heterocycles. The average molecular weight is 227 g/mol. The molecule has 2 rings (SSSR count). The third-order valence-electron chi connectivity index (χ3n) is 2.48. The van der Waals surface area contributed by atoms with Crippen LogP contribution < -0.4 is 5.73 Å². The van der Waals surface area contributed by atoms with Crippen LogP contribution in [0.3, 0.4) is 0 Å². The van der Waals surface area contributed by atoms with Crippen LogP contribution >= 0.6 is 0 Å². The van der Waals surface area contributed by atoms with Crippen molar-refractivity contribution in [2.75, 3.05) is 18.8 Å². The SMILES string of the molecule is Nc1ncccc1S(=O)(=O)N1CCCC1. The van der Waals surface area contributed by atoms with E-state index < -0.39 is 10.0 Å². The molecule has 0 atom stereocenters. The van der Waals surface area contributed by atoms with Crippen LogP contribution in [0.1, 0.15) is 12.8 Å². The highest BCUT2D eigenvalue weighted by molar-refractivity contribution is 7.89. The van der Waals surface area contributed by atoms with Crippen molar-refractivity contribution < 1.29 is 8.42 Å². The Morgan fingerprint density at radius 1 is 1.33 bits per heavy atom. The van der Waals surface area contributed by atoms with Gasteiger partial charge in [-0.25, -0.2) is 13.4 Å². The summed E-state index contributed by atoms with van der Waals surface area (Å²) < 4.78 is 25.6. The van der Waals surface area contributed by atoms with E-state index in [2.05, 4.69) is 4.98 Å². The molecule has 1 aliphatic rings. The number of sulfonamides is 1. The van der Waals surface area contributed by atoms with Gasteiger partial charge < -0.3 is 5.73 Å². The van der Waals surface area contributed by atoms with E-state index in [1.165, 1.54) is 16.6 Å². The lowest BCUT2D eigenvalue weighted by Gasteiger charge is -2.15. The molecule has 5 nitrogen and oxygen atoms in total. The molecule has 1 aliphatic heterocycles. The molecule has 15 heavy (non-hydrogen) atoms. The van der Waals surface area contributed by atoms with Crippen molar-refractivity contribution in [1.29, 1.82) is 0 Å². The minimum absolute atomic E-state index is 0.0735. The summed E-state index contributed by atoms with van der Waals surface area (Å²) in [7, 11) is -3.42. The van der Waals surface area contributed by atoms with Crippen molar-refractivity contribution in [3.05, 3.63) is 18.3 Å². The fourth-order valence-electron chi connectivity index (χ4n) is 1.69. The molecular weight excluding hydrogens is 214 g/mol. The number of nitrogens with zero attached hydrogens (tertiary/aromatic N) is 2. The van der Waals surface area contributed by atoms with E-state index in [9.17, 15) is 8.42 Å². The molecule has 1 aromatic heterocycles. The summed E-state index contributed by atoms with van der Waals surface area (Å²) in [6.07, 6.45) is 3.32. The monoisotopic (exact) mass is 227 g/mol. The van der Waals surface area contributed by atoms with Crippen LogP contribution in [-0.2, 0) is 10.0 Å². The predicted molar refractivity (Wildman–Crippen MR) is 56.6 cm³/mol. The van der Waals surface area contributed by atoms with Crippen molar-refractivity contribution in [2.24, 2.45) is 0 Å². The summed E-state index contributed by atoms with van der Waals surface area (Å²) in [4.78, 5) is 3.91. The summed E-state index contributed by atoms with van der Waals surface area (Å²) in [5, 5.41) is 0.